The molecule has 122 valence electrons. The average Bonchev–Trinajstić information content (AvgIpc) is 2.49. The van der Waals surface area contributed by atoms with Crippen LogP contribution in [0.3, 0.4) is 0 Å². The fourth-order valence-electron chi connectivity index (χ4n) is 2.76. The molecule has 1 amide bonds. The minimum atomic E-state index is -0.229. The van der Waals surface area contributed by atoms with Crippen LogP contribution in [-0.2, 0) is 0 Å². The van der Waals surface area contributed by atoms with Gasteiger partial charge in [-0.25, -0.2) is 0 Å². The number of methoxy groups -OCH3 is 1. The molecule has 1 aromatic rings. The van der Waals surface area contributed by atoms with Crippen LogP contribution in [0.1, 0.15) is 37.0 Å². The lowest BCUT2D eigenvalue weighted by Gasteiger charge is -2.34. The molecule has 1 fully saturated rings. The third-order valence-corrected chi connectivity index (χ3v) is 4.70. The molecule has 1 aliphatic heterocycles. The molecule has 1 N–H and O–H groups in total. The van der Waals surface area contributed by atoms with E-state index < -0.39 is 0 Å². The highest BCUT2D eigenvalue weighted by Gasteiger charge is 2.25. The summed E-state index contributed by atoms with van der Waals surface area (Å²) in [4.78, 5) is 14.9. The Balaban J connectivity index is 2.06. The van der Waals surface area contributed by atoms with Gasteiger partial charge >= 0.3 is 0 Å². The lowest BCUT2D eigenvalue weighted by molar-refractivity contribution is 0.0898. The predicted octanol–water partition coefficient (Wildman–Crippen LogP) is 3.60. The molecular weight excluding hydrogens is 323 g/mol. The summed E-state index contributed by atoms with van der Waals surface area (Å²) in [5, 5.41) is 3.78. The molecule has 1 heterocycles. The third kappa shape index (κ3) is 3.86. The Morgan fingerprint density at radius 3 is 2.41 bits per heavy atom. The van der Waals surface area contributed by atoms with E-state index in [1.165, 1.54) is 7.11 Å². The van der Waals surface area contributed by atoms with Gasteiger partial charge in [0.05, 0.1) is 17.2 Å². The molecule has 0 unspecified atom stereocenters. The van der Waals surface area contributed by atoms with Crippen molar-refractivity contribution in [3.8, 4) is 5.75 Å². The highest BCUT2D eigenvalue weighted by atomic mass is 35.5. The second kappa shape index (κ2) is 7.53. The van der Waals surface area contributed by atoms with Gasteiger partial charge in [0.2, 0.25) is 0 Å². The maximum Gasteiger partial charge on any atom is 0.256 e. The van der Waals surface area contributed by atoms with Crippen molar-refractivity contribution >= 4 is 29.1 Å². The number of rotatable bonds is 4. The van der Waals surface area contributed by atoms with E-state index in [4.69, 9.17) is 27.9 Å². The molecule has 0 aliphatic carbocycles. The Bertz CT molecular complexity index is 541. The fraction of sp³-hybridized carbons (Fsp3) is 0.562. The summed E-state index contributed by atoms with van der Waals surface area (Å²) < 4.78 is 5.23. The van der Waals surface area contributed by atoms with Crippen molar-refractivity contribution in [2.24, 2.45) is 0 Å². The lowest BCUT2D eigenvalue weighted by atomic mass is 10.0. The fourth-order valence-corrected chi connectivity index (χ4v) is 3.23. The molecule has 1 aromatic carbocycles. The quantitative estimate of drug-likeness (QED) is 0.907. The average molecular weight is 345 g/mol. The van der Waals surface area contributed by atoms with E-state index in [-0.39, 0.29) is 11.9 Å². The molecule has 22 heavy (non-hydrogen) atoms. The van der Waals surface area contributed by atoms with Crippen molar-refractivity contribution in [1.29, 1.82) is 0 Å². The molecular formula is C16H22Cl2N2O2. The van der Waals surface area contributed by atoms with Crippen LogP contribution in [0.4, 0.5) is 0 Å². The maximum absolute atomic E-state index is 12.5. The van der Waals surface area contributed by atoms with E-state index in [9.17, 15) is 4.79 Å². The number of halogens is 2. The van der Waals surface area contributed by atoms with Gasteiger partial charge in [-0.1, -0.05) is 23.2 Å². The van der Waals surface area contributed by atoms with Crippen LogP contribution in [0.15, 0.2) is 12.1 Å². The smallest absolute Gasteiger partial charge is 0.256 e. The number of carbonyl (C=O) groups is 1. The second-order valence-corrected chi connectivity index (χ2v) is 6.63. The van der Waals surface area contributed by atoms with Crippen molar-refractivity contribution in [1.82, 2.24) is 10.2 Å². The zero-order valence-corrected chi connectivity index (χ0v) is 14.7. The van der Waals surface area contributed by atoms with Gasteiger partial charge < -0.3 is 15.0 Å². The number of nitrogens with one attached hydrogen (secondary N) is 1. The first-order valence-corrected chi connectivity index (χ1v) is 8.26. The topological polar surface area (TPSA) is 41.6 Å². The molecule has 0 radical (unpaired) electrons. The highest BCUT2D eigenvalue weighted by Crippen LogP contribution is 2.33. The van der Waals surface area contributed by atoms with E-state index >= 15 is 0 Å². The van der Waals surface area contributed by atoms with Crippen LogP contribution in [0, 0.1) is 0 Å². The number of piperidine rings is 1. The standard InChI is InChI=1S/C16H22Cl2N2O2/c1-10(2)20-8-6-11(7-9-20)19-16(21)14-12(17)4-5-13(18)15(14)22-3/h4-5,10-11H,6-9H2,1-3H3,(H,19,21). The predicted molar refractivity (Wildman–Crippen MR) is 90.2 cm³/mol. The van der Waals surface area contributed by atoms with Crippen LogP contribution >= 0.6 is 23.2 Å². The molecule has 0 bridgehead atoms. The van der Waals surface area contributed by atoms with Crippen molar-refractivity contribution in [2.75, 3.05) is 20.2 Å². The van der Waals surface area contributed by atoms with Crippen molar-refractivity contribution in [3.05, 3.63) is 27.7 Å². The Kier molecular flexibility index (Phi) is 5.95. The minimum Gasteiger partial charge on any atom is -0.494 e. The molecule has 0 atom stereocenters. The largest absolute Gasteiger partial charge is 0.494 e. The molecule has 0 saturated carbocycles. The van der Waals surface area contributed by atoms with E-state index in [0.29, 0.717) is 27.4 Å². The van der Waals surface area contributed by atoms with Gasteiger partial charge in [0, 0.05) is 25.2 Å². The number of carbonyl (C=O) groups excluding carboxylic acids is 1. The van der Waals surface area contributed by atoms with E-state index in [0.717, 1.165) is 25.9 Å². The van der Waals surface area contributed by atoms with Crippen LogP contribution in [0.25, 0.3) is 0 Å². The minimum absolute atomic E-state index is 0.155. The van der Waals surface area contributed by atoms with Gasteiger partial charge in [0.1, 0.15) is 5.56 Å². The number of hydrogen-bond donors (Lipinski definition) is 1. The normalized spacial score (nSPS) is 16.8. The van der Waals surface area contributed by atoms with Gasteiger partial charge in [-0.2, -0.15) is 0 Å². The Morgan fingerprint density at radius 2 is 1.86 bits per heavy atom. The van der Waals surface area contributed by atoms with E-state index in [1.54, 1.807) is 12.1 Å². The summed E-state index contributed by atoms with van der Waals surface area (Å²) in [5.74, 6) is 0.0960. The lowest BCUT2D eigenvalue weighted by Crippen LogP contribution is -2.46. The van der Waals surface area contributed by atoms with Gasteiger partial charge in [0.25, 0.3) is 5.91 Å². The van der Waals surface area contributed by atoms with E-state index in [1.807, 2.05) is 0 Å². The first-order chi connectivity index (χ1) is 10.4. The Hall–Kier alpha value is -0.970. The first kappa shape index (κ1) is 17.4. The van der Waals surface area contributed by atoms with Gasteiger partial charge in [0.15, 0.2) is 5.75 Å². The zero-order chi connectivity index (χ0) is 16.3. The summed E-state index contributed by atoms with van der Waals surface area (Å²) in [6, 6.07) is 3.94. The summed E-state index contributed by atoms with van der Waals surface area (Å²) in [5.41, 5.74) is 0.308. The second-order valence-electron chi connectivity index (χ2n) is 5.81. The molecule has 2 rings (SSSR count). The van der Waals surface area contributed by atoms with E-state index in [2.05, 4.69) is 24.1 Å². The van der Waals surface area contributed by atoms with Crippen LogP contribution in [0.5, 0.6) is 5.75 Å². The Labute approximate surface area is 141 Å². The Morgan fingerprint density at radius 1 is 1.27 bits per heavy atom. The van der Waals surface area contributed by atoms with Crippen LogP contribution in [-0.4, -0.2) is 43.1 Å². The molecule has 6 heteroatoms. The summed E-state index contributed by atoms with van der Waals surface area (Å²) in [6.07, 6.45) is 1.87. The molecule has 0 spiro atoms. The van der Waals surface area contributed by atoms with Crippen molar-refractivity contribution in [2.45, 2.75) is 38.8 Å². The number of benzene rings is 1. The molecule has 1 saturated heterocycles. The van der Waals surface area contributed by atoms with Crippen LogP contribution in [0.2, 0.25) is 10.0 Å². The van der Waals surface area contributed by atoms with Gasteiger partial charge in [-0.3, -0.25) is 4.79 Å². The molecule has 4 nitrogen and oxygen atoms in total. The molecule has 1 aliphatic rings. The number of ether oxygens (including phenoxy) is 1. The summed E-state index contributed by atoms with van der Waals surface area (Å²) in [7, 11) is 1.48. The third-order valence-electron chi connectivity index (χ3n) is 4.09. The summed E-state index contributed by atoms with van der Waals surface area (Å²) in [6.45, 7) is 6.36. The SMILES string of the molecule is COc1c(Cl)ccc(Cl)c1C(=O)NC1CCN(C(C)C)CC1. The van der Waals surface area contributed by atoms with Gasteiger partial charge in [-0.05, 0) is 38.8 Å². The van der Waals surface area contributed by atoms with Crippen molar-refractivity contribution in [3.63, 3.8) is 0 Å². The number of likely N-dealkylation sites (tertiary alicyclic amines) is 1. The first-order valence-electron chi connectivity index (χ1n) is 7.51. The summed E-state index contributed by atoms with van der Waals surface area (Å²) >= 11 is 12.2. The van der Waals surface area contributed by atoms with Crippen molar-refractivity contribution < 1.29 is 9.53 Å². The van der Waals surface area contributed by atoms with Gasteiger partial charge in [-0.15, -0.1) is 0 Å². The maximum atomic E-state index is 12.5. The zero-order valence-electron chi connectivity index (χ0n) is 13.2. The number of hydrogen-bond acceptors (Lipinski definition) is 3. The highest BCUT2D eigenvalue weighted by molar-refractivity contribution is 6.37. The molecule has 0 aromatic heterocycles. The monoisotopic (exact) mass is 344 g/mol. The number of amides is 1. The number of nitrogens with zero attached hydrogens (tertiary/aromatic N) is 1. The van der Waals surface area contributed by atoms with Crippen LogP contribution < -0.4 is 10.1 Å².